The fraction of sp³-hybridized carbons (Fsp3) is 0.258. The van der Waals surface area contributed by atoms with Crippen molar-refractivity contribution >= 4 is 28.7 Å². The minimum Gasteiger partial charge on any atom is -0.466 e. The zero-order chi connectivity index (χ0) is 28.9. The first-order chi connectivity index (χ1) is 20.6. The van der Waals surface area contributed by atoms with Crippen LogP contribution in [-0.2, 0) is 27.3 Å². The number of carbonyl (C=O) groups excluding carboxylic acids is 2. The molecule has 0 radical (unpaired) electrons. The first-order valence-corrected chi connectivity index (χ1v) is 13.9. The Bertz CT molecular complexity index is 1690. The smallest absolute Gasteiger partial charge is 0.410 e. The van der Waals surface area contributed by atoms with E-state index in [1.54, 1.807) is 35.1 Å². The lowest BCUT2D eigenvalue weighted by molar-refractivity contribution is -0.142. The zero-order valence-electron chi connectivity index (χ0n) is 23.3. The van der Waals surface area contributed by atoms with E-state index >= 15 is 0 Å². The first kappa shape index (κ1) is 27.0. The van der Waals surface area contributed by atoms with Crippen LogP contribution in [0.15, 0.2) is 85.6 Å². The van der Waals surface area contributed by atoms with Crippen LogP contribution in [0.3, 0.4) is 0 Å². The van der Waals surface area contributed by atoms with Gasteiger partial charge in [0.2, 0.25) is 0 Å². The third kappa shape index (κ3) is 5.95. The van der Waals surface area contributed by atoms with Crippen LogP contribution in [0.5, 0.6) is 0 Å². The van der Waals surface area contributed by atoms with Crippen LogP contribution in [0.2, 0.25) is 0 Å². The van der Waals surface area contributed by atoms with Crippen molar-refractivity contribution in [1.82, 2.24) is 29.2 Å². The summed E-state index contributed by atoms with van der Waals surface area (Å²) in [6.07, 6.45) is 8.75. The fourth-order valence-electron chi connectivity index (χ4n) is 4.98. The van der Waals surface area contributed by atoms with Crippen molar-refractivity contribution in [2.75, 3.05) is 37.7 Å². The lowest BCUT2D eigenvalue weighted by Gasteiger charge is -2.35. The number of hydrogen-bond donors (Lipinski definition) is 0. The number of nitrogens with zero attached hydrogens (tertiary/aromatic N) is 7. The van der Waals surface area contributed by atoms with Crippen molar-refractivity contribution in [3.8, 4) is 11.6 Å². The van der Waals surface area contributed by atoms with Crippen LogP contribution >= 0.6 is 0 Å². The maximum Gasteiger partial charge on any atom is 0.410 e. The predicted octanol–water partition coefficient (Wildman–Crippen LogP) is 4.17. The summed E-state index contributed by atoms with van der Waals surface area (Å²) >= 11 is 0. The summed E-state index contributed by atoms with van der Waals surface area (Å²) in [7, 11) is 0. The average Bonchev–Trinajstić information content (AvgIpc) is 3.68. The molecule has 2 aromatic carbocycles. The maximum atomic E-state index is 12.6. The van der Waals surface area contributed by atoms with Gasteiger partial charge in [-0.05, 0) is 42.3 Å². The van der Waals surface area contributed by atoms with E-state index < -0.39 is 0 Å². The van der Waals surface area contributed by atoms with E-state index in [2.05, 4.69) is 27.1 Å². The topological polar surface area (TPSA) is 108 Å². The Morgan fingerprint density at radius 1 is 0.881 bits per heavy atom. The molecule has 3 aromatic heterocycles. The van der Waals surface area contributed by atoms with Crippen LogP contribution in [0.25, 0.3) is 22.5 Å². The van der Waals surface area contributed by atoms with Gasteiger partial charge in [-0.2, -0.15) is 5.10 Å². The Morgan fingerprint density at radius 2 is 1.69 bits per heavy atom. The molecule has 42 heavy (non-hydrogen) atoms. The molecular formula is C31H31N7O4. The van der Waals surface area contributed by atoms with Crippen LogP contribution in [0.1, 0.15) is 18.1 Å². The van der Waals surface area contributed by atoms with Gasteiger partial charge in [-0.25, -0.2) is 14.5 Å². The first-order valence-electron chi connectivity index (χ1n) is 13.9. The fourth-order valence-corrected chi connectivity index (χ4v) is 4.98. The molecule has 214 valence electrons. The van der Waals surface area contributed by atoms with Crippen LogP contribution in [0, 0.1) is 0 Å². The molecule has 1 saturated heterocycles. The third-order valence-corrected chi connectivity index (χ3v) is 7.16. The maximum absolute atomic E-state index is 12.6. The molecule has 11 heteroatoms. The number of ether oxygens (including phenoxy) is 2. The molecule has 0 unspecified atom stereocenters. The summed E-state index contributed by atoms with van der Waals surface area (Å²) < 4.78 is 14.2. The summed E-state index contributed by atoms with van der Waals surface area (Å²) in [6, 6.07) is 17.8. The van der Waals surface area contributed by atoms with E-state index in [0.29, 0.717) is 44.4 Å². The van der Waals surface area contributed by atoms with Crippen molar-refractivity contribution in [3.05, 3.63) is 96.7 Å². The number of hydrogen-bond acceptors (Lipinski definition) is 8. The van der Waals surface area contributed by atoms with Gasteiger partial charge in [0.25, 0.3) is 0 Å². The minimum atomic E-state index is -0.291. The molecule has 1 aliphatic heterocycles. The van der Waals surface area contributed by atoms with Crippen LogP contribution in [-0.4, -0.2) is 74.1 Å². The van der Waals surface area contributed by atoms with Crippen molar-refractivity contribution in [2.45, 2.75) is 20.0 Å². The molecule has 6 rings (SSSR count). The predicted molar refractivity (Wildman–Crippen MR) is 157 cm³/mol. The summed E-state index contributed by atoms with van der Waals surface area (Å²) in [5, 5.41) is 5.57. The average molecular weight is 566 g/mol. The van der Waals surface area contributed by atoms with Gasteiger partial charge in [-0.1, -0.05) is 30.3 Å². The van der Waals surface area contributed by atoms with Crippen LogP contribution < -0.4 is 4.90 Å². The number of carbonyl (C=O) groups is 2. The Balaban J connectivity index is 1.14. The number of aromatic nitrogens is 5. The van der Waals surface area contributed by atoms with Crippen molar-refractivity contribution in [3.63, 3.8) is 0 Å². The van der Waals surface area contributed by atoms with Crippen molar-refractivity contribution < 1.29 is 19.1 Å². The number of rotatable bonds is 8. The molecular weight excluding hydrogens is 534 g/mol. The number of fused-ring (bicyclic) bond motifs is 1. The molecule has 0 aliphatic carbocycles. The van der Waals surface area contributed by atoms with Gasteiger partial charge < -0.3 is 23.8 Å². The number of piperazine rings is 1. The molecule has 4 heterocycles. The van der Waals surface area contributed by atoms with Crippen molar-refractivity contribution in [1.29, 1.82) is 0 Å². The molecule has 0 spiro atoms. The SMILES string of the molecule is CCOC(=O)Cc1ccn(-c2cncc(-n3ncc4ccc(N5CCN(C(=O)OCc6ccccc6)CC5)cc43)n2)c1. The normalized spacial score (nSPS) is 13.4. The molecule has 0 saturated carbocycles. The minimum absolute atomic E-state index is 0.198. The second-order valence-electron chi connectivity index (χ2n) is 9.96. The van der Waals surface area contributed by atoms with E-state index in [1.165, 1.54) is 0 Å². The van der Waals surface area contributed by atoms with Gasteiger partial charge in [-0.3, -0.25) is 9.78 Å². The Kier molecular flexibility index (Phi) is 7.80. The van der Waals surface area contributed by atoms with Crippen LogP contribution in [0.4, 0.5) is 10.5 Å². The zero-order valence-corrected chi connectivity index (χ0v) is 23.3. The Labute approximate surface area is 242 Å². The summed E-state index contributed by atoms with van der Waals surface area (Å²) in [5.41, 5.74) is 3.75. The van der Waals surface area contributed by atoms with Gasteiger partial charge in [0.05, 0.1) is 37.1 Å². The third-order valence-electron chi connectivity index (χ3n) is 7.16. The van der Waals surface area contributed by atoms with Gasteiger partial charge in [-0.15, -0.1) is 0 Å². The second-order valence-corrected chi connectivity index (χ2v) is 9.96. The highest BCUT2D eigenvalue weighted by Crippen LogP contribution is 2.25. The Hall–Kier alpha value is -5.19. The lowest BCUT2D eigenvalue weighted by atomic mass is 10.2. The highest BCUT2D eigenvalue weighted by molar-refractivity contribution is 5.84. The van der Waals surface area contributed by atoms with E-state index in [-0.39, 0.29) is 25.1 Å². The summed E-state index contributed by atoms with van der Waals surface area (Å²) in [6.45, 7) is 4.95. The van der Waals surface area contributed by atoms with Gasteiger partial charge >= 0.3 is 12.1 Å². The number of amides is 1. The van der Waals surface area contributed by atoms with E-state index in [1.807, 2.05) is 59.4 Å². The number of anilines is 1. The monoisotopic (exact) mass is 565 g/mol. The molecule has 1 amide bonds. The molecule has 11 nitrogen and oxygen atoms in total. The van der Waals surface area contributed by atoms with E-state index in [0.717, 1.165) is 27.7 Å². The van der Waals surface area contributed by atoms with E-state index in [4.69, 9.17) is 14.5 Å². The largest absolute Gasteiger partial charge is 0.466 e. The number of benzene rings is 2. The highest BCUT2D eigenvalue weighted by atomic mass is 16.6. The molecule has 5 aromatic rings. The van der Waals surface area contributed by atoms with E-state index in [9.17, 15) is 9.59 Å². The molecule has 0 atom stereocenters. The summed E-state index contributed by atoms with van der Waals surface area (Å²) in [5.74, 6) is 0.919. The highest BCUT2D eigenvalue weighted by Gasteiger charge is 2.23. The lowest BCUT2D eigenvalue weighted by Crippen LogP contribution is -2.48. The molecule has 0 N–H and O–H groups in total. The van der Waals surface area contributed by atoms with Gasteiger partial charge in [0.15, 0.2) is 11.6 Å². The molecule has 1 fully saturated rings. The van der Waals surface area contributed by atoms with Gasteiger partial charge in [0, 0.05) is 49.6 Å². The quantitative estimate of drug-likeness (QED) is 0.258. The van der Waals surface area contributed by atoms with Crippen molar-refractivity contribution in [2.24, 2.45) is 0 Å². The second kappa shape index (κ2) is 12.1. The van der Waals surface area contributed by atoms with Gasteiger partial charge in [0.1, 0.15) is 6.61 Å². The Morgan fingerprint density at radius 3 is 2.50 bits per heavy atom. The molecule has 0 bridgehead atoms. The summed E-state index contributed by atoms with van der Waals surface area (Å²) in [4.78, 5) is 37.7. The number of esters is 1. The standard InChI is InChI=1S/C31H31N7O4/c1-2-41-30(39)16-24-10-11-37(21-24)28-19-32-20-29(34-28)38-27-17-26(9-8-25(27)18-33-38)35-12-14-36(15-13-35)31(40)42-22-23-6-4-3-5-7-23/h3-11,17-21H,2,12-16,22H2,1H3. The molecule has 1 aliphatic rings.